The quantitative estimate of drug-likeness (QED) is 0.610. The van der Waals surface area contributed by atoms with Crippen LogP contribution in [-0.4, -0.2) is 25.9 Å². The Bertz CT molecular complexity index is 1000. The molecule has 3 aromatic rings. The molecule has 2 N–H and O–H groups in total. The number of sulfonamides is 1. The fourth-order valence-corrected chi connectivity index (χ4v) is 4.22. The minimum Gasteiger partial charge on any atom is -0.352 e. The van der Waals surface area contributed by atoms with Crippen molar-refractivity contribution in [3.63, 3.8) is 0 Å². The molecule has 0 aliphatic rings. The number of rotatable bonds is 7. The maximum atomic E-state index is 12.3. The van der Waals surface area contributed by atoms with Gasteiger partial charge in [0.2, 0.25) is 0 Å². The summed E-state index contributed by atoms with van der Waals surface area (Å²) >= 11 is 7.03. The van der Waals surface area contributed by atoms with Gasteiger partial charge in [-0.2, -0.15) is 0 Å². The standard InChI is InChI=1S/C18H16ClN3O3S2/c19-15-5-1-13(2-6-15)9-10-20-17(23)14-3-7-16(8-4-14)27(24,25)22-18-21-11-12-26-18/h1-8,11-12H,9-10H2,(H,20,23)(H,21,22). The van der Waals surface area contributed by atoms with Gasteiger partial charge in [-0.1, -0.05) is 23.7 Å². The van der Waals surface area contributed by atoms with Crippen molar-refractivity contribution in [1.82, 2.24) is 10.3 Å². The van der Waals surface area contributed by atoms with Crippen molar-refractivity contribution < 1.29 is 13.2 Å². The molecule has 1 aromatic heterocycles. The smallest absolute Gasteiger partial charge is 0.263 e. The van der Waals surface area contributed by atoms with Gasteiger partial charge in [0, 0.05) is 28.7 Å². The third-order valence-corrected chi connectivity index (χ3v) is 6.12. The zero-order valence-electron chi connectivity index (χ0n) is 14.1. The fraction of sp³-hybridized carbons (Fsp3) is 0.111. The number of aromatic nitrogens is 1. The molecule has 3 rings (SSSR count). The second kappa shape index (κ2) is 8.51. The van der Waals surface area contributed by atoms with Crippen molar-refractivity contribution in [2.75, 3.05) is 11.3 Å². The second-order valence-corrected chi connectivity index (χ2v) is 8.61. The molecule has 0 bridgehead atoms. The van der Waals surface area contributed by atoms with Crippen LogP contribution < -0.4 is 10.0 Å². The van der Waals surface area contributed by atoms with Crippen molar-refractivity contribution in [3.05, 3.63) is 76.3 Å². The molecule has 0 saturated carbocycles. The molecule has 27 heavy (non-hydrogen) atoms. The average Bonchev–Trinajstić information content (AvgIpc) is 3.15. The third kappa shape index (κ3) is 5.29. The van der Waals surface area contributed by atoms with Crippen LogP contribution in [0, 0.1) is 0 Å². The molecule has 9 heteroatoms. The summed E-state index contributed by atoms with van der Waals surface area (Å²) in [6.07, 6.45) is 2.19. The molecule has 0 radical (unpaired) electrons. The number of nitrogens with one attached hydrogen (secondary N) is 2. The molecule has 0 atom stereocenters. The maximum Gasteiger partial charge on any atom is 0.263 e. The summed E-state index contributed by atoms with van der Waals surface area (Å²) in [5, 5.41) is 5.45. The SMILES string of the molecule is O=C(NCCc1ccc(Cl)cc1)c1ccc(S(=O)(=O)Nc2nccs2)cc1. The van der Waals surface area contributed by atoms with Crippen LogP contribution in [-0.2, 0) is 16.4 Å². The van der Waals surface area contributed by atoms with Crippen LogP contribution >= 0.6 is 22.9 Å². The lowest BCUT2D eigenvalue weighted by atomic mass is 10.1. The number of thiazole rings is 1. The average molecular weight is 422 g/mol. The topological polar surface area (TPSA) is 88.2 Å². The highest BCUT2D eigenvalue weighted by Gasteiger charge is 2.16. The van der Waals surface area contributed by atoms with Gasteiger partial charge < -0.3 is 5.32 Å². The van der Waals surface area contributed by atoms with Gasteiger partial charge in [0.25, 0.3) is 15.9 Å². The van der Waals surface area contributed by atoms with E-state index in [1.54, 1.807) is 17.5 Å². The number of hydrogen-bond acceptors (Lipinski definition) is 5. The molecule has 6 nitrogen and oxygen atoms in total. The summed E-state index contributed by atoms with van der Waals surface area (Å²) in [5.74, 6) is -0.263. The van der Waals surface area contributed by atoms with Gasteiger partial charge in [0.1, 0.15) is 0 Å². The molecule has 140 valence electrons. The van der Waals surface area contributed by atoms with Gasteiger partial charge >= 0.3 is 0 Å². The van der Waals surface area contributed by atoms with Crippen molar-refractivity contribution in [2.24, 2.45) is 0 Å². The lowest BCUT2D eigenvalue weighted by molar-refractivity contribution is 0.0954. The summed E-state index contributed by atoms with van der Waals surface area (Å²) in [5.41, 5.74) is 1.45. The molecule has 0 aliphatic carbocycles. The van der Waals surface area contributed by atoms with E-state index < -0.39 is 10.0 Å². The molecule has 1 heterocycles. The molecule has 0 unspecified atom stereocenters. The van der Waals surface area contributed by atoms with Gasteiger partial charge in [-0.05, 0) is 48.4 Å². The zero-order valence-corrected chi connectivity index (χ0v) is 16.4. The summed E-state index contributed by atoms with van der Waals surface area (Å²) < 4.78 is 26.9. The van der Waals surface area contributed by atoms with Gasteiger partial charge in [-0.25, -0.2) is 13.4 Å². The maximum absolute atomic E-state index is 12.3. The summed E-state index contributed by atoms with van der Waals surface area (Å²) in [4.78, 5) is 16.2. The van der Waals surface area contributed by atoms with E-state index in [2.05, 4.69) is 15.0 Å². The summed E-state index contributed by atoms with van der Waals surface area (Å²) in [6, 6.07) is 13.2. The second-order valence-electron chi connectivity index (χ2n) is 5.60. The van der Waals surface area contributed by atoms with Crippen LogP contribution in [0.3, 0.4) is 0 Å². The van der Waals surface area contributed by atoms with E-state index in [1.165, 1.54) is 41.8 Å². The predicted molar refractivity (Wildman–Crippen MR) is 107 cm³/mol. The highest BCUT2D eigenvalue weighted by atomic mass is 35.5. The lowest BCUT2D eigenvalue weighted by Gasteiger charge is -2.08. The Morgan fingerprint density at radius 2 is 1.78 bits per heavy atom. The van der Waals surface area contributed by atoms with Crippen molar-refractivity contribution in [1.29, 1.82) is 0 Å². The lowest BCUT2D eigenvalue weighted by Crippen LogP contribution is -2.25. The first kappa shape index (κ1) is 19.3. The molecule has 0 aliphatic heterocycles. The molecule has 0 spiro atoms. The highest BCUT2D eigenvalue weighted by molar-refractivity contribution is 7.93. The Kier molecular flexibility index (Phi) is 6.10. The molecule has 0 saturated heterocycles. The van der Waals surface area contributed by atoms with Gasteiger partial charge in [-0.3, -0.25) is 9.52 Å². The molecular weight excluding hydrogens is 406 g/mol. The molecular formula is C18H16ClN3O3S2. The Balaban J connectivity index is 1.57. The van der Waals surface area contributed by atoms with Crippen LogP contribution in [0.1, 0.15) is 15.9 Å². The van der Waals surface area contributed by atoms with E-state index in [0.29, 0.717) is 28.7 Å². The largest absolute Gasteiger partial charge is 0.352 e. The van der Waals surface area contributed by atoms with Gasteiger partial charge in [0.05, 0.1) is 4.90 Å². The van der Waals surface area contributed by atoms with Crippen LogP contribution in [0.2, 0.25) is 5.02 Å². The summed E-state index contributed by atoms with van der Waals surface area (Å²) in [6.45, 7) is 0.464. The van der Waals surface area contributed by atoms with Crippen LogP contribution in [0.25, 0.3) is 0 Å². The van der Waals surface area contributed by atoms with Crippen LogP contribution in [0.15, 0.2) is 65.0 Å². The van der Waals surface area contributed by atoms with Crippen molar-refractivity contribution in [2.45, 2.75) is 11.3 Å². The zero-order chi connectivity index (χ0) is 19.3. The van der Waals surface area contributed by atoms with Crippen LogP contribution in [0.4, 0.5) is 5.13 Å². The van der Waals surface area contributed by atoms with E-state index in [-0.39, 0.29) is 10.8 Å². The monoisotopic (exact) mass is 421 g/mol. The number of anilines is 1. The first-order chi connectivity index (χ1) is 12.9. The Labute approximate surface area is 166 Å². The number of benzene rings is 2. The minimum absolute atomic E-state index is 0.0652. The Morgan fingerprint density at radius 3 is 2.41 bits per heavy atom. The fourth-order valence-electron chi connectivity index (χ4n) is 2.31. The van der Waals surface area contributed by atoms with Crippen molar-refractivity contribution >= 4 is 44.0 Å². The predicted octanol–water partition coefficient (Wildman–Crippen LogP) is 3.57. The Hall–Kier alpha value is -2.42. The van der Waals surface area contributed by atoms with E-state index in [4.69, 9.17) is 11.6 Å². The first-order valence-corrected chi connectivity index (χ1v) is 10.7. The van der Waals surface area contributed by atoms with E-state index in [0.717, 1.165) is 5.56 Å². The first-order valence-electron chi connectivity index (χ1n) is 7.99. The number of amides is 1. The summed E-state index contributed by atoms with van der Waals surface area (Å²) in [7, 11) is -3.73. The molecule has 0 fully saturated rings. The normalized spacial score (nSPS) is 11.1. The van der Waals surface area contributed by atoms with Gasteiger partial charge in [0.15, 0.2) is 5.13 Å². The third-order valence-electron chi connectivity index (χ3n) is 3.69. The van der Waals surface area contributed by atoms with Crippen molar-refractivity contribution in [3.8, 4) is 0 Å². The Morgan fingerprint density at radius 1 is 1.07 bits per heavy atom. The number of halogens is 1. The highest BCUT2D eigenvalue weighted by Crippen LogP contribution is 2.18. The minimum atomic E-state index is -3.73. The van der Waals surface area contributed by atoms with E-state index >= 15 is 0 Å². The van der Waals surface area contributed by atoms with E-state index in [1.807, 2.05) is 12.1 Å². The molecule has 2 aromatic carbocycles. The van der Waals surface area contributed by atoms with Gasteiger partial charge in [-0.15, -0.1) is 11.3 Å². The van der Waals surface area contributed by atoms with Crippen LogP contribution in [0.5, 0.6) is 0 Å². The number of carbonyl (C=O) groups excluding carboxylic acids is 1. The van der Waals surface area contributed by atoms with E-state index in [9.17, 15) is 13.2 Å². The number of nitrogens with zero attached hydrogens (tertiary/aromatic N) is 1. The molecule has 1 amide bonds. The number of hydrogen-bond donors (Lipinski definition) is 2. The number of carbonyl (C=O) groups is 1.